The van der Waals surface area contributed by atoms with Crippen molar-refractivity contribution in [2.75, 3.05) is 11.5 Å². The maximum Gasteiger partial charge on any atom is 0.00137 e. The lowest BCUT2D eigenvalue weighted by atomic mass is 9.88. The molecule has 1 saturated heterocycles. The van der Waals surface area contributed by atoms with E-state index in [-0.39, 0.29) is 0 Å². The monoisotopic (exact) mass is 238 g/mol. The van der Waals surface area contributed by atoms with E-state index in [9.17, 15) is 0 Å². The Kier molecular flexibility index (Phi) is 2.86. The maximum atomic E-state index is 2.58. The predicted octanol–water partition coefficient (Wildman–Crippen LogP) is 4.45. The summed E-state index contributed by atoms with van der Waals surface area (Å²) < 4.78 is 0.860. The fourth-order valence-electron chi connectivity index (χ4n) is 3.50. The van der Waals surface area contributed by atoms with Gasteiger partial charge in [0.25, 0.3) is 0 Å². The molecule has 0 N–H and O–H groups in total. The van der Waals surface area contributed by atoms with Gasteiger partial charge in [-0.3, -0.25) is 0 Å². The normalized spacial score (nSPS) is 32.9. The molecular weight excluding hydrogens is 212 g/mol. The van der Waals surface area contributed by atoms with Crippen LogP contribution in [0.15, 0.2) is 12.2 Å². The van der Waals surface area contributed by atoms with E-state index < -0.39 is 0 Å². The zero-order valence-corrected chi connectivity index (χ0v) is 11.6. The van der Waals surface area contributed by atoms with Crippen molar-refractivity contribution in [1.29, 1.82) is 0 Å². The summed E-state index contributed by atoms with van der Waals surface area (Å²) in [7, 11) is 0.478. The van der Waals surface area contributed by atoms with E-state index in [2.05, 4.69) is 19.1 Å². The fraction of sp³-hybridized carbons (Fsp3) is 0.867. The highest BCUT2D eigenvalue weighted by molar-refractivity contribution is 8.19. The first-order valence-electron chi connectivity index (χ1n) is 7.15. The van der Waals surface area contributed by atoms with Crippen molar-refractivity contribution in [3.63, 3.8) is 0 Å². The van der Waals surface area contributed by atoms with Gasteiger partial charge < -0.3 is 0 Å². The van der Waals surface area contributed by atoms with E-state index >= 15 is 0 Å². The van der Waals surface area contributed by atoms with Crippen LogP contribution in [0.2, 0.25) is 0 Å². The van der Waals surface area contributed by atoms with Crippen LogP contribution in [0.1, 0.15) is 58.3 Å². The molecule has 3 aliphatic rings. The minimum atomic E-state index is 0.478. The van der Waals surface area contributed by atoms with Crippen molar-refractivity contribution in [2.24, 2.45) is 5.41 Å². The second kappa shape index (κ2) is 4.08. The molecule has 0 aromatic rings. The number of hydrogen-bond acceptors (Lipinski definition) is 0. The van der Waals surface area contributed by atoms with E-state index in [4.69, 9.17) is 0 Å². The van der Waals surface area contributed by atoms with Gasteiger partial charge in [-0.2, -0.15) is 0 Å². The Bertz CT molecular complexity index is 278. The molecule has 3 fully saturated rings. The lowest BCUT2D eigenvalue weighted by Crippen LogP contribution is -2.21. The smallest absolute Gasteiger partial charge is 0.00137 e. The van der Waals surface area contributed by atoms with E-state index in [1.54, 1.807) is 24.3 Å². The first-order chi connectivity index (χ1) is 7.73. The summed E-state index contributed by atoms with van der Waals surface area (Å²) in [5.41, 5.74) is 0.572. The second-order valence-electron chi connectivity index (χ2n) is 6.53. The van der Waals surface area contributed by atoms with E-state index in [0.717, 1.165) is 4.75 Å². The molecule has 1 heteroatoms. The van der Waals surface area contributed by atoms with Gasteiger partial charge in [-0.15, -0.1) is 0 Å². The zero-order valence-electron chi connectivity index (χ0n) is 10.7. The van der Waals surface area contributed by atoms with Gasteiger partial charge in [0.1, 0.15) is 0 Å². The minimum Gasteiger partial charge on any atom is -0.248 e. The molecule has 2 saturated carbocycles. The Hall–Kier alpha value is 0.0900. The summed E-state index contributed by atoms with van der Waals surface area (Å²) in [6.45, 7) is 2.46. The molecular formula is C15H26S. The van der Waals surface area contributed by atoms with Crippen molar-refractivity contribution in [2.45, 2.75) is 63.0 Å². The van der Waals surface area contributed by atoms with Crippen LogP contribution < -0.4 is 0 Å². The van der Waals surface area contributed by atoms with Gasteiger partial charge in [0, 0.05) is 4.75 Å². The van der Waals surface area contributed by atoms with E-state index in [0.29, 0.717) is 16.3 Å². The third kappa shape index (κ3) is 2.08. The van der Waals surface area contributed by atoms with Gasteiger partial charge >= 0.3 is 0 Å². The molecule has 2 aliphatic carbocycles. The summed E-state index contributed by atoms with van der Waals surface area (Å²) in [6, 6.07) is 0. The molecule has 0 amide bonds. The Labute approximate surface area is 103 Å². The molecule has 0 bridgehead atoms. The SMILES string of the molecule is CC1(/C=C/CC2([SH]3CCC3)CC2)CCCC1. The largest absolute Gasteiger partial charge is 0.248 e. The minimum absolute atomic E-state index is 0.478. The second-order valence-corrected chi connectivity index (χ2v) is 9.46. The van der Waals surface area contributed by atoms with E-state index in [1.807, 2.05) is 0 Å². The highest BCUT2D eigenvalue weighted by Gasteiger charge is 2.47. The Morgan fingerprint density at radius 3 is 2.19 bits per heavy atom. The van der Waals surface area contributed by atoms with Crippen LogP contribution in [0, 0.1) is 5.41 Å². The van der Waals surface area contributed by atoms with Crippen LogP contribution in [-0.4, -0.2) is 16.3 Å². The third-order valence-corrected chi connectivity index (χ3v) is 8.80. The van der Waals surface area contributed by atoms with Crippen molar-refractivity contribution >= 4 is 10.9 Å². The topological polar surface area (TPSA) is 0 Å². The van der Waals surface area contributed by atoms with Gasteiger partial charge in [0.15, 0.2) is 0 Å². The lowest BCUT2D eigenvalue weighted by molar-refractivity contribution is 0.445. The standard InChI is InChI=1S/C15H26S/c1-14(6-2-3-7-14)8-4-9-15(10-11-15)16-12-5-13-16/h4,8,16H,2-3,5-7,9-13H2,1H3/b8-4+. The van der Waals surface area contributed by atoms with Gasteiger partial charge in [0.2, 0.25) is 0 Å². The van der Waals surface area contributed by atoms with Crippen LogP contribution in [0.5, 0.6) is 0 Å². The van der Waals surface area contributed by atoms with Crippen molar-refractivity contribution in [3.05, 3.63) is 12.2 Å². The van der Waals surface area contributed by atoms with Crippen LogP contribution in [0.25, 0.3) is 0 Å². The first-order valence-corrected chi connectivity index (χ1v) is 8.87. The molecule has 0 atom stereocenters. The molecule has 0 unspecified atom stereocenters. The maximum absolute atomic E-state index is 2.58. The van der Waals surface area contributed by atoms with Crippen LogP contribution in [0.4, 0.5) is 0 Å². The summed E-state index contributed by atoms with van der Waals surface area (Å²) in [5, 5.41) is 0. The first kappa shape index (κ1) is 11.2. The third-order valence-electron chi connectivity index (χ3n) is 5.12. The van der Waals surface area contributed by atoms with E-state index in [1.165, 1.54) is 38.5 Å². The molecule has 92 valence electrons. The lowest BCUT2D eigenvalue weighted by Gasteiger charge is -2.38. The highest BCUT2D eigenvalue weighted by Crippen LogP contribution is 2.64. The number of rotatable bonds is 4. The van der Waals surface area contributed by atoms with Crippen molar-refractivity contribution in [3.8, 4) is 0 Å². The molecule has 16 heavy (non-hydrogen) atoms. The van der Waals surface area contributed by atoms with Gasteiger partial charge in [0.05, 0.1) is 0 Å². The Morgan fingerprint density at radius 2 is 1.69 bits per heavy atom. The number of allylic oxidation sites excluding steroid dienone is 2. The van der Waals surface area contributed by atoms with Crippen molar-refractivity contribution < 1.29 is 0 Å². The zero-order chi connectivity index (χ0) is 11.1. The van der Waals surface area contributed by atoms with Crippen LogP contribution >= 0.6 is 10.9 Å². The van der Waals surface area contributed by atoms with Gasteiger partial charge in [-0.25, -0.2) is 10.9 Å². The molecule has 0 aromatic carbocycles. The molecule has 0 spiro atoms. The summed E-state index contributed by atoms with van der Waals surface area (Å²) >= 11 is 0. The summed E-state index contributed by atoms with van der Waals surface area (Å²) in [6.07, 6.45) is 17.0. The molecule has 1 aliphatic heterocycles. The average Bonchev–Trinajstić information content (AvgIpc) is 2.78. The average molecular weight is 238 g/mol. The highest BCUT2D eigenvalue weighted by atomic mass is 32.2. The van der Waals surface area contributed by atoms with Gasteiger partial charge in [-0.1, -0.05) is 31.9 Å². The fourth-order valence-corrected chi connectivity index (χ4v) is 6.19. The molecule has 3 rings (SSSR count). The molecule has 0 aromatic heterocycles. The molecule has 0 nitrogen and oxygen atoms in total. The Morgan fingerprint density at radius 1 is 1.00 bits per heavy atom. The number of thiol groups is 1. The predicted molar refractivity (Wildman–Crippen MR) is 75.6 cm³/mol. The number of hydrogen-bond donors (Lipinski definition) is 1. The summed E-state index contributed by atoms with van der Waals surface area (Å²) in [5.74, 6) is 3.20. The summed E-state index contributed by atoms with van der Waals surface area (Å²) in [4.78, 5) is 0. The van der Waals surface area contributed by atoms with Crippen molar-refractivity contribution in [1.82, 2.24) is 0 Å². The quantitative estimate of drug-likeness (QED) is 0.543. The Balaban J connectivity index is 1.53. The van der Waals surface area contributed by atoms with Gasteiger partial charge in [-0.05, 0) is 55.4 Å². The van der Waals surface area contributed by atoms with Crippen LogP contribution in [-0.2, 0) is 0 Å². The molecule has 1 heterocycles. The molecule has 0 radical (unpaired) electrons. The van der Waals surface area contributed by atoms with Crippen LogP contribution in [0.3, 0.4) is 0 Å².